The number of piperidine rings is 1. The second kappa shape index (κ2) is 11.0. The van der Waals surface area contributed by atoms with Crippen LogP contribution in [0, 0.1) is 17.8 Å². The second-order valence-electron chi connectivity index (χ2n) is 8.88. The number of halogens is 1. The summed E-state index contributed by atoms with van der Waals surface area (Å²) in [4.78, 5) is 41.3. The Morgan fingerprint density at radius 1 is 0.903 bits per heavy atom. The normalized spacial score (nSPS) is 33.5. The third-order valence-electron chi connectivity index (χ3n) is 6.95. The zero-order valence-corrected chi connectivity index (χ0v) is 20.3. The first-order chi connectivity index (χ1) is 14.9. The number of carbonyl (C=O) groups is 3. The van der Waals surface area contributed by atoms with E-state index in [1.165, 1.54) is 7.11 Å². The molecule has 2 heterocycles. The lowest BCUT2D eigenvalue weighted by atomic mass is 9.69. The maximum atomic E-state index is 12.5. The highest BCUT2D eigenvalue weighted by Crippen LogP contribution is 2.42. The first-order valence-electron chi connectivity index (χ1n) is 11.4. The summed E-state index contributed by atoms with van der Waals surface area (Å²) in [5, 5.41) is 0. The van der Waals surface area contributed by atoms with Gasteiger partial charge in [0.2, 0.25) is 0 Å². The molecule has 1 aliphatic carbocycles. The summed E-state index contributed by atoms with van der Waals surface area (Å²) in [7, 11) is 1.35. The molecule has 0 aromatic rings. The Hall–Kier alpha value is -1.35. The summed E-state index contributed by atoms with van der Waals surface area (Å²) in [6, 6.07) is -0.770. The Labute approximate surface area is 193 Å². The molecule has 1 amide bonds. The number of ether oxygens (including phenoxy) is 3. The molecule has 0 bridgehead atoms. The fourth-order valence-corrected chi connectivity index (χ4v) is 6.28. The van der Waals surface area contributed by atoms with Crippen LogP contribution in [0.5, 0.6) is 0 Å². The van der Waals surface area contributed by atoms with Gasteiger partial charge in [-0.3, -0.25) is 14.6 Å². The number of fused-ring (bicyclic) bond motifs is 1. The fourth-order valence-electron chi connectivity index (χ4n) is 5.56. The van der Waals surface area contributed by atoms with Gasteiger partial charge in [0.15, 0.2) is 0 Å². The van der Waals surface area contributed by atoms with Crippen LogP contribution < -0.4 is 0 Å². The van der Waals surface area contributed by atoms with Crippen molar-refractivity contribution in [2.24, 2.45) is 17.8 Å². The van der Waals surface area contributed by atoms with Gasteiger partial charge in [-0.2, -0.15) is 0 Å². The van der Waals surface area contributed by atoms with Crippen molar-refractivity contribution in [2.75, 3.05) is 40.0 Å². The predicted molar refractivity (Wildman–Crippen MR) is 118 cm³/mol. The van der Waals surface area contributed by atoms with Crippen LogP contribution >= 0.6 is 15.9 Å². The predicted octanol–water partition coefficient (Wildman–Crippen LogP) is 2.82. The molecular weight excluding hydrogens is 468 g/mol. The van der Waals surface area contributed by atoms with Crippen molar-refractivity contribution >= 4 is 34.0 Å². The maximum Gasteiger partial charge on any atom is 0.410 e. The monoisotopic (exact) mass is 502 g/mol. The van der Waals surface area contributed by atoms with Gasteiger partial charge in [0.1, 0.15) is 12.1 Å². The Kier molecular flexibility index (Phi) is 8.61. The van der Waals surface area contributed by atoms with E-state index in [-0.39, 0.29) is 18.0 Å². The molecule has 0 N–H and O–H groups in total. The number of esters is 2. The molecule has 2 saturated heterocycles. The van der Waals surface area contributed by atoms with Gasteiger partial charge in [0.05, 0.1) is 20.3 Å². The smallest absolute Gasteiger partial charge is 0.410 e. The molecular formula is C22H35BrN2O6. The summed E-state index contributed by atoms with van der Waals surface area (Å²) in [5.41, 5.74) is 0. The molecule has 3 aliphatic rings. The minimum absolute atomic E-state index is 0.133. The van der Waals surface area contributed by atoms with Crippen LogP contribution in [0.1, 0.15) is 46.0 Å². The summed E-state index contributed by atoms with van der Waals surface area (Å²) in [5.74, 6) is 0.703. The third-order valence-corrected chi connectivity index (χ3v) is 7.62. The average molecular weight is 503 g/mol. The lowest BCUT2D eigenvalue weighted by Crippen LogP contribution is -2.55. The molecule has 1 saturated carbocycles. The van der Waals surface area contributed by atoms with E-state index in [1.54, 1.807) is 11.8 Å². The highest BCUT2D eigenvalue weighted by molar-refractivity contribution is 9.09. The van der Waals surface area contributed by atoms with Gasteiger partial charge in [-0.05, 0) is 63.7 Å². The Bertz CT molecular complexity index is 662. The van der Waals surface area contributed by atoms with Gasteiger partial charge < -0.3 is 14.2 Å². The van der Waals surface area contributed by atoms with Crippen LogP contribution in [-0.2, 0) is 23.8 Å². The topological polar surface area (TPSA) is 85.4 Å². The number of carbonyl (C=O) groups excluding carboxylic acids is 3. The summed E-state index contributed by atoms with van der Waals surface area (Å²) in [6.07, 6.45) is 3.98. The van der Waals surface area contributed by atoms with E-state index in [4.69, 9.17) is 14.2 Å². The maximum absolute atomic E-state index is 12.5. The lowest BCUT2D eigenvalue weighted by Gasteiger charge is -2.46. The van der Waals surface area contributed by atoms with Crippen LogP contribution in [0.4, 0.5) is 4.79 Å². The third kappa shape index (κ3) is 5.72. The molecule has 9 heteroatoms. The molecule has 0 aromatic carbocycles. The molecule has 8 nitrogen and oxygen atoms in total. The van der Waals surface area contributed by atoms with Crippen LogP contribution in [0.15, 0.2) is 0 Å². The van der Waals surface area contributed by atoms with Crippen LogP contribution in [0.2, 0.25) is 0 Å². The van der Waals surface area contributed by atoms with E-state index in [0.717, 1.165) is 38.8 Å². The van der Waals surface area contributed by atoms with E-state index in [2.05, 4.69) is 20.8 Å². The van der Waals surface area contributed by atoms with E-state index < -0.39 is 12.1 Å². The van der Waals surface area contributed by atoms with E-state index in [0.29, 0.717) is 48.8 Å². The van der Waals surface area contributed by atoms with Gasteiger partial charge in [-0.15, -0.1) is 0 Å². The van der Waals surface area contributed by atoms with Crippen molar-refractivity contribution in [2.45, 2.75) is 62.9 Å². The number of alkyl halides is 1. The molecule has 6 atom stereocenters. The molecule has 2 aliphatic heterocycles. The van der Waals surface area contributed by atoms with Gasteiger partial charge >= 0.3 is 18.0 Å². The number of nitrogens with zero attached hydrogens (tertiary/aromatic N) is 2. The highest BCUT2D eigenvalue weighted by atomic mass is 79.9. The standard InChI is InChI=1S/C22H35BrN2O6/c1-4-30-20(26)18-10-17(23)13-24(18)11-14-6-7-15-12-25(22(28)29-3)19(9-16(15)8-14)21(27)31-5-2/h14-19H,4-13H2,1-3H3/t14?,15?,16?,17-,18+,19?/m1/s1. The van der Waals surface area contributed by atoms with Gasteiger partial charge in [0.25, 0.3) is 0 Å². The molecule has 3 fully saturated rings. The fraction of sp³-hybridized carbons (Fsp3) is 0.864. The van der Waals surface area contributed by atoms with Crippen molar-refractivity contribution < 1.29 is 28.6 Å². The van der Waals surface area contributed by atoms with E-state index in [9.17, 15) is 14.4 Å². The second-order valence-corrected chi connectivity index (χ2v) is 10.2. The molecule has 3 rings (SSSR count). The zero-order valence-electron chi connectivity index (χ0n) is 18.8. The number of rotatable bonds is 6. The van der Waals surface area contributed by atoms with E-state index in [1.807, 2.05) is 6.92 Å². The van der Waals surface area contributed by atoms with Crippen molar-refractivity contribution in [3.8, 4) is 0 Å². The molecule has 31 heavy (non-hydrogen) atoms. The SMILES string of the molecule is CCOC(=O)C1CC2CC(CN3C[C@H](Br)C[C@H]3C(=O)OCC)CCC2CN1C(=O)OC. The minimum Gasteiger partial charge on any atom is -0.465 e. The summed E-state index contributed by atoms with van der Waals surface area (Å²) < 4.78 is 15.5. The number of hydrogen-bond donors (Lipinski definition) is 0. The molecule has 0 spiro atoms. The van der Waals surface area contributed by atoms with Crippen molar-refractivity contribution in [1.82, 2.24) is 9.80 Å². The Morgan fingerprint density at radius 3 is 2.23 bits per heavy atom. The highest BCUT2D eigenvalue weighted by Gasteiger charge is 2.46. The minimum atomic E-state index is -0.585. The molecule has 176 valence electrons. The van der Waals surface area contributed by atoms with Crippen LogP contribution in [0.3, 0.4) is 0 Å². The van der Waals surface area contributed by atoms with Gasteiger partial charge in [0, 0.05) is 24.5 Å². The lowest BCUT2D eigenvalue weighted by molar-refractivity contribution is -0.153. The molecule has 0 aromatic heterocycles. The average Bonchev–Trinajstić information content (AvgIpc) is 3.12. The van der Waals surface area contributed by atoms with Crippen molar-refractivity contribution in [3.05, 3.63) is 0 Å². The summed E-state index contributed by atoms with van der Waals surface area (Å²) >= 11 is 3.67. The quantitative estimate of drug-likeness (QED) is 0.313. The van der Waals surface area contributed by atoms with E-state index >= 15 is 0 Å². The first-order valence-corrected chi connectivity index (χ1v) is 12.3. The number of amides is 1. The molecule has 0 radical (unpaired) electrons. The number of methoxy groups -OCH3 is 1. The Balaban J connectivity index is 1.64. The van der Waals surface area contributed by atoms with Crippen LogP contribution in [0.25, 0.3) is 0 Å². The van der Waals surface area contributed by atoms with Gasteiger partial charge in [-0.1, -0.05) is 15.9 Å². The molecule has 4 unspecified atom stereocenters. The van der Waals surface area contributed by atoms with Crippen molar-refractivity contribution in [3.63, 3.8) is 0 Å². The first kappa shape index (κ1) is 24.3. The number of hydrogen-bond acceptors (Lipinski definition) is 7. The van der Waals surface area contributed by atoms with Crippen molar-refractivity contribution in [1.29, 1.82) is 0 Å². The Morgan fingerprint density at radius 2 is 1.58 bits per heavy atom. The zero-order chi connectivity index (χ0) is 22.5. The number of likely N-dealkylation sites (tertiary alicyclic amines) is 2. The largest absolute Gasteiger partial charge is 0.465 e. The summed E-state index contributed by atoms with van der Waals surface area (Å²) in [6.45, 7) is 6.54. The van der Waals surface area contributed by atoms with Crippen LogP contribution in [-0.4, -0.2) is 84.7 Å². The van der Waals surface area contributed by atoms with Gasteiger partial charge in [-0.25, -0.2) is 9.59 Å².